The summed E-state index contributed by atoms with van der Waals surface area (Å²) in [4.78, 5) is 22.1. The van der Waals surface area contributed by atoms with Crippen molar-refractivity contribution in [2.75, 3.05) is 6.54 Å². The zero-order valence-electron chi connectivity index (χ0n) is 14.6. The first kappa shape index (κ1) is 16.3. The molecule has 1 atom stereocenters. The van der Waals surface area contributed by atoms with Crippen LogP contribution >= 0.6 is 0 Å². The van der Waals surface area contributed by atoms with Crippen molar-refractivity contribution in [3.8, 4) is 0 Å². The quantitative estimate of drug-likeness (QED) is 0.757. The molecule has 7 heteroatoms. The molecule has 132 valence electrons. The lowest BCUT2D eigenvalue weighted by atomic mass is 10.0. The number of amides is 1. The molecule has 1 aliphatic heterocycles. The van der Waals surface area contributed by atoms with Crippen molar-refractivity contribution in [2.45, 2.75) is 26.4 Å². The number of nitrogens with one attached hydrogen (secondary N) is 2. The van der Waals surface area contributed by atoms with E-state index in [4.69, 9.17) is 4.84 Å². The van der Waals surface area contributed by atoms with Crippen molar-refractivity contribution in [2.24, 2.45) is 5.16 Å². The van der Waals surface area contributed by atoms with E-state index in [0.29, 0.717) is 24.2 Å². The van der Waals surface area contributed by atoms with Gasteiger partial charge in [-0.3, -0.25) is 9.89 Å². The molecule has 2 aromatic heterocycles. The number of carbonyl (C=O) groups excluding carboxylic acids is 1. The highest BCUT2D eigenvalue weighted by Gasteiger charge is 2.23. The maximum Gasteiger partial charge on any atom is 0.253 e. The monoisotopic (exact) mass is 349 g/mol. The van der Waals surface area contributed by atoms with Crippen molar-refractivity contribution in [3.63, 3.8) is 0 Å². The molecular formula is C19H19N5O2. The van der Waals surface area contributed by atoms with Crippen LogP contribution in [0.25, 0.3) is 11.0 Å². The van der Waals surface area contributed by atoms with Crippen molar-refractivity contribution in [3.05, 3.63) is 58.9 Å². The minimum absolute atomic E-state index is 0.164. The molecule has 0 saturated carbocycles. The van der Waals surface area contributed by atoms with E-state index in [9.17, 15) is 4.79 Å². The number of benzene rings is 1. The van der Waals surface area contributed by atoms with Crippen LogP contribution in [0.1, 0.15) is 33.6 Å². The van der Waals surface area contributed by atoms with E-state index in [0.717, 1.165) is 22.4 Å². The van der Waals surface area contributed by atoms with Crippen molar-refractivity contribution >= 4 is 22.7 Å². The molecule has 1 aliphatic rings. The Bertz CT molecular complexity index is 991. The highest BCUT2D eigenvalue weighted by atomic mass is 16.6. The number of aryl methyl sites for hydroxylation is 2. The van der Waals surface area contributed by atoms with Crippen LogP contribution in [0.2, 0.25) is 0 Å². The second kappa shape index (κ2) is 6.59. The SMILES string of the molecule is Cc1ccc(C2=NOC(CNC(=O)c3cnc4n[nH]c(C)c4c3)C2)cc1. The zero-order valence-corrected chi connectivity index (χ0v) is 14.6. The molecular weight excluding hydrogens is 330 g/mol. The molecule has 0 spiro atoms. The van der Waals surface area contributed by atoms with Gasteiger partial charge in [-0.2, -0.15) is 5.10 Å². The van der Waals surface area contributed by atoms with Gasteiger partial charge < -0.3 is 10.2 Å². The molecule has 2 N–H and O–H groups in total. The standard InChI is InChI=1S/C19H19N5O2/c1-11-3-5-13(6-4-11)17-8-15(26-24-17)10-21-19(25)14-7-16-12(2)22-23-18(16)20-9-14/h3-7,9,15H,8,10H2,1-2H3,(H,21,25)(H,20,22,23). The van der Waals surface area contributed by atoms with Gasteiger partial charge in [-0.1, -0.05) is 35.0 Å². The zero-order chi connectivity index (χ0) is 18.1. The molecule has 1 amide bonds. The first-order chi connectivity index (χ1) is 12.6. The number of nitrogens with zero attached hydrogens (tertiary/aromatic N) is 3. The summed E-state index contributed by atoms with van der Waals surface area (Å²) in [6.07, 6.45) is 2.03. The maximum atomic E-state index is 12.4. The molecule has 0 fully saturated rings. The molecule has 1 aromatic carbocycles. The van der Waals surface area contributed by atoms with Gasteiger partial charge in [0.25, 0.3) is 5.91 Å². The maximum absolute atomic E-state index is 12.4. The summed E-state index contributed by atoms with van der Waals surface area (Å²) >= 11 is 0. The smallest absolute Gasteiger partial charge is 0.253 e. The molecule has 3 aromatic rings. The number of fused-ring (bicyclic) bond motifs is 1. The largest absolute Gasteiger partial charge is 0.390 e. The van der Waals surface area contributed by atoms with Gasteiger partial charge in [-0.25, -0.2) is 4.98 Å². The molecule has 0 aliphatic carbocycles. The Morgan fingerprint density at radius 3 is 2.92 bits per heavy atom. The fraction of sp³-hybridized carbons (Fsp3) is 0.263. The van der Waals surface area contributed by atoms with Gasteiger partial charge >= 0.3 is 0 Å². The second-order valence-corrected chi connectivity index (χ2v) is 6.49. The fourth-order valence-electron chi connectivity index (χ4n) is 2.91. The predicted molar refractivity (Wildman–Crippen MR) is 98.2 cm³/mol. The minimum Gasteiger partial charge on any atom is -0.390 e. The minimum atomic E-state index is -0.188. The number of hydrogen-bond acceptors (Lipinski definition) is 5. The average Bonchev–Trinajstić information content (AvgIpc) is 3.27. The van der Waals surface area contributed by atoms with E-state index in [1.165, 1.54) is 11.8 Å². The van der Waals surface area contributed by atoms with Crippen LogP contribution in [-0.2, 0) is 4.84 Å². The molecule has 26 heavy (non-hydrogen) atoms. The van der Waals surface area contributed by atoms with E-state index in [2.05, 4.69) is 25.7 Å². The first-order valence-electron chi connectivity index (χ1n) is 8.49. The predicted octanol–water partition coefficient (Wildman–Crippen LogP) is 2.50. The Kier molecular flexibility index (Phi) is 4.12. The Labute approximate surface area is 150 Å². The van der Waals surface area contributed by atoms with Crippen molar-refractivity contribution in [1.82, 2.24) is 20.5 Å². The Balaban J connectivity index is 1.36. The van der Waals surface area contributed by atoms with Crippen LogP contribution in [0.4, 0.5) is 0 Å². The lowest BCUT2D eigenvalue weighted by Crippen LogP contribution is -2.32. The number of hydrogen-bond donors (Lipinski definition) is 2. The second-order valence-electron chi connectivity index (χ2n) is 6.49. The summed E-state index contributed by atoms with van der Waals surface area (Å²) in [5.74, 6) is -0.188. The fourth-order valence-corrected chi connectivity index (χ4v) is 2.91. The molecule has 0 bridgehead atoms. The van der Waals surface area contributed by atoms with Crippen LogP contribution in [0.5, 0.6) is 0 Å². The molecule has 3 heterocycles. The Hall–Kier alpha value is -3.22. The van der Waals surface area contributed by atoms with Gasteiger partial charge in [0, 0.05) is 23.7 Å². The molecule has 4 rings (SSSR count). The van der Waals surface area contributed by atoms with Gasteiger partial charge in [0.15, 0.2) is 5.65 Å². The van der Waals surface area contributed by atoms with Crippen LogP contribution in [0.3, 0.4) is 0 Å². The third-order valence-corrected chi connectivity index (χ3v) is 4.47. The number of oxime groups is 1. The molecule has 0 radical (unpaired) electrons. The van der Waals surface area contributed by atoms with Crippen LogP contribution in [0.15, 0.2) is 41.7 Å². The Morgan fingerprint density at radius 2 is 2.12 bits per heavy atom. The van der Waals surface area contributed by atoms with Crippen molar-refractivity contribution in [1.29, 1.82) is 0 Å². The summed E-state index contributed by atoms with van der Waals surface area (Å²) in [6, 6.07) is 9.96. The summed E-state index contributed by atoms with van der Waals surface area (Å²) in [5, 5.41) is 14.8. The number of H-pyrrole nitrogens is 1. The van der Waals surface area contributed by atoms with Gasteiger partial charge in [-0.15, -0.1) is 0 Å². The van der Waals surface area contributed by atoms with E-state index in [1.54, 1.807) is 6.07 Å². The highest BCUT2D eigenvalue weighted by molar-refractivity contribution is 6.01. The van der Waals surface area contributed by atoms with E-state index >= 15 is 0 Å². The summed E-state index contributed by atoms with van der Waals surface area (Å²) in [7, 11) is 0. The van der Waals surface area contributed by atoms with Crippen LogP contribution < -0.4 is 5.32 Å². The highest BCUT2D eigenvalue weighted by Crippen LogP contribution is 2.17. The van der Waals surface area contributed by atoms with Crippen molar-refractivity contribution < 1.29 is 9.63 Å². The van der Waals surface area contributed by atoms with E-state index < -0.39 is 0 Å². The number of aromatic nitrogens is 3. The molecule has 0 saturated heterocycles. The lowest BCUT2D eigenvalue weighted by molar-refractivity contribution is 0.0753. The number of aromatic amines is 1. The number of pyridine rings is 1. The first-order valence-corrected chi connectivity index (χ1v) is 8.49. The van der Waals surface area contributed by atoms with E-state index in [-0.39, 0.29) is 12.0 Å². The van der Waals surface area contributed by atoms with Gasteiger partial charge in [0.2, 0.25) is 0 Å². The van der Waals surface area contributed by atoms with Gasteiger partial charge in [0.05, 0.1) is 17.8 Å². The topological polar surface area (TPSA) is 92.3 Å². The lowest BCUT2D eigenvalue weighted by Gasteiger charge is -2.10. The third kappa shape index (κ3) is 3.15. The molecule has 7 nitrogen and oxygen atoms in total. The molecule has 1 unspecified atom stereocenters. The number of carbonyl (C=O) groups is 1. The Morgan fingerprint density at radius 1 is 1.31 bits per heavy atom. The summed E-state index contributed by atoms with van der Waals surface area (Å²) in [5.41, 5.74) is 5.15. The van der Waals surface area contributed by atoms with Gasteiger partial charge in [0.1, 0.15) is 6.10 Å². The van der Waals surface area contributed by atoms with Crippen LogP contribution in [0, 0.1) is 13.8 Å². The normalized spacial score (nSPS) is 16.4. The summed E-state index contributed by atoms with van der Waals surface area (Å²) in [6.45, 7) is 4.33. The average molecular weight is 349 g/mol. The van der Waals surface area contributed by atoms with E-state index in [1.807, 2.05) is 38.1 Å². The van der Waals surface area contributed by atoms with Crippen LogP contribution in [-0.4, -0.2) is 39.4 Å². The van der Waals surface area contributed by atoms with Gasteiger partial charge in [-0.05, 0) is 25.5 Å². The number of rotatable bonds is 4. The third-order valence-electron chi connectivity index (χ3n) is 4.47. The summed E-state index contributed by atoms with van der Waals surface area (Å²) < 4.78 is 0.